The lowest BCUT2D eigenvalue weighted by Gasteiger charge is -2.22. The van der Waals surface area contributed by atoms with Crippen LogP contribution in [0.5, 0.6) is 11.5 Å². The molecule has 0 radical (unpaired) electrons. The van der Waals surface area contributed by atoms with Gasteiger partial charge in [0.25, 0.3) is 5.89 Å². The van der Waals surface area contributed by atoms with Crippen LogP contribution in [0.3, 0.4) is 0 Å². The molecule has 0 spiro atoms. The fourth-order valence-electron chi connectivity index (χ4n) is 3.68. The summed E-state index contributed by atoms with van der Waals surface area (Å²) in [6.07, 6.45) is 1.83. The van der Waals surface area contributed by atoms with Gasteiger partial charge in [0, 0.05) is 31.3 Å². The fourth-order valence-corrected chi connectivity index (χ4v) is 3.68. The van der Waals surface area contributed by atoms with Crippen LogP contribution >= 0.6 is 0 Å². The third-order valence-electron chi connectivity index (χ3n) is 5.26. The Labute approximate surface area is 182 Å². The number of anilines is 1. The van der Waals surface area contributed by atoms with E-state index in [0.717, 1.165) is 0 Å². The maximum Gasteiger partial charge on any atom is 0.280 e. The van der Waals surface area contributed by atoms with Gasteiger partial charge in [0.2, 0.25) is 11.8 Å². The summed E-state index contributed by atoms with van der Waals surface area (Å²) >= 11 is 0. The molecule has 4 heterocycles. The van der Waals surface area contributed by atoms with E-state index in [-0.39, 0.29) is 18.2 Å². The molecular formula is C20H21N7O5. The molecule has 1 atom stereocenters. The van der Waals surface area contributed by atoms with Crippen LogP contribution in [-0.2, 0) is 16.1 Å². The van der Waals surface area contributed by atoms with Crippen molar-refractivity contribution >= 4 is 17.5 Å². The van der Waals surface area contributed by atoms with Crippen molar-refractivity contribution in [2.24, 2.45) is 5.92 Å². The minimum Gasteiger partial charge on any atom is -0.486 e. The number of nitrogens with zero attached hydrogens (tertiary/aromatic N) is 6. The van der Waals surface area contributed by atoms with Crippen molar-refractivity contribution in [1.29, 1.82) is 0 Å². The monoisotopic (exact) mass is 439 g/mol. The van der Waals surface area contributed by atoms with Crippen LogP contribution in [0.25, 0.3) is 11.6 Å². The third-order valence-corrected chi connectivity index (χ3v) is 5.26. The van der Waals surface area contributed by atoms with Crippen molar-refractivity contribution in [3.63, 3.8) is 0 Å². The lowest BCUT2D eigenvalue weighted by Crippen LogP contribution is -2.34. The molecule has 1 N–H and O–H groups in total. The number of hydrogen-bond acceptors (Lipinski definition) is 9. The Kier molecular flexibility index (Phi) is 5.17. The van der Waals surface area contributed by atoms with E-state index in [0.29, 0.717) is 67.4 Å². The summed E-state index contributed by atoms with van der Waals surface area (Å²) < 4.78 is 17.8. The summed E-state index contributed by atoms with van der Waals surface area (Å²) in [5, 5.41) is 14.6. The summed E-state index contributed by atoms with van der Waals surface area (Å²) in [6.45, 7) is 3.77. The summed E-state index contributed by atoms with van der Waals surface area (Å²) in [5.74, 6) is 1.37. The molecule has 12 heteroatoms. The van der Waals surface area contributed by atoms with Gasteiger partial charge in [-0.2, -0.15) is 4.98 Å². The second-order valence-electron chi connectivity index (χ2n) is 7.54. The van der Waals surface area contributed by atoms with Gasteiger partial charge in [0.1, 0.15) is 13.2 Å². The van der Waals surface area contributed by atoms with Gasteiger partial charge in [-0.05, 0) is 19.1 Å². The first kappa shape index (κ1) is 20.0. The SMILES string of the molecule is Cc1noc(-c2cn(CCNC(=O)[C@H]3CC(=O)N(c4ccc5c(c4)OCCO5)C3)nn2)n1. The normalized spacial score (nSPS) is 17.6. The number of nitrogens with one attached hydrogen (secondary N) is 1. The number of benzene rings is 1. The Morgan fingerprint density at radius 1 is 1.25 bits per heavy atom. The summed E-state index contributed by atoms with van der Waals surface area (Å²) in [5.41, 5.74) is 1.16. The number of carbonyl (C=O) groups is 2. The van der Waals surface area contributed by atoms with E-state index in [9.17, 15) is 9.59 Å². The lowest BCUT2D eigenvalue weighted by molar-refractivity contribution is -0.126. The highest BCUT2D eigenvalue weighted by atomic mass is 16.6. The molecule has 32 heavy (non-hydrogen) atoms. The number of rotatable bonds is 6. The number of aromatic nitrogens is 5. The minimum atomic E-state index is -0.427. The molecule has 0 bridgehead atoms. The third kappa shape index (κ3) is 3.98. The molecule has 0 saturated carbocycles. The first-order valence-electron chi connectivity index (χ1n) is 10.3. The first-order valence-corrected chi connectivity index (χ1v) is 10.3. The van der Waals surface area contributed by atoms with Gasteiger partial charge in [-0.25, -0.2) is 4.68 Å². The molecule has 1 fully saturated rings. The van der Waals surface area contributed by atoms with Gasteiger partial charge in [-0.15, -0.1) is 5.10 Å². The zero-order valence-electron chi connectivity index (χ0n) is 17.4. The number of fused-ring (bicyclic) bond motifs is 1. The second kappa shape index (κ2) is 8.29. The van der Waals surface area contributed by atoms with Gasteiger partial charge in [0.05, 0.1) is 18.7 Å². The van der Waals surface area contributed by atoms with Crippen LogP contribution in [0.15, 0.2) is 28.9 Å². The molecule has 2 aliphatic rings. The van der Waals surface area contributed by atoms with E-state index in [1.807, 2.05) is 0 Å². The Morgan fingerprint density at radius 2 is 2.09 bits per heavy atom. The molecule has 0 aliphatic carbocycles. The van der Waals surface area contributed by atoms with E-state index in [2.05, 4.69) is 25.8 Å². The Hall–Kier alpha value is -3.96. The minimum absolute atomic E-state index is 0.0994. The molecule has 3 aromatic rings. The van der Waals surface area contributed by atoms with Crippen LogP contribution in [0, 0.1) is 12.8 Å². The molecule has 2 aromatic heterocycles. The predicted molar refractivity (Wildman–Crippen MR) is 109 cm³/mol. The van der Waals surface area contributed by atoms with Gasteiger partial charge in [0.15, 0.2) is 23.0 Å². The Balaban J connectivity index is 1.15. The van der Waals surface area contributed by atoms with Crippen LogP contribution in [0.1, 0.15) is 12.2 Å². The van der Waals surface area contributed by atoms with Crippen LogP contribution < -0.4 is 19.7 Å². The molecular weight excluding hydrogens is 418 g/mol. The Bertz CT molecular complexity index is 1160. The van der Waals surface area contributed by atoms with Crippen molar-refractivity contribution in [3.8, 4) is 23.1 Å². The van der Waals surface area contributed by atoms with Gasteiger partial charge >= 0.3 is 0 Å². The topological polar surface area (TPSA) is 138 Å². The predicted octanol–water partition coefficient (Wildman–Crippen LogP) is 0.577. The lowest BCUT2D eigenvalue weighted by atomic mass is 10.1. The largest absolute Gasteiger partial charge is 0.486 e. The molecule has 12 nitrogen and oxygen atoms in total. The smallest absolute Gasteiger partial charge is 0.280 e. The van der Waals surface area contributed by atoms with Crippen molar-refractivity contribution < 1.29 is 23.6 Å². The van der Waals surface area contributed by atoms with E-state index in [4.69, 9.17) is 14.0 Å². The Morgan fingerprint density at radius 3 is 2.91 bits per heavy atom. The standard InChI is InChI=1S/C20H21N7O5/c1-12-22-20(32-24-12)15-11-26(25-23-15)5-4-21-19(29)13-8-18(28)27(10-13)14-2-3-16-17(9-14)31-7-6-30-16/h2-3,9,11,13H,4-8,10H2,1H3,(H,21,29)/t13-/m0/s1. The fraction of sp³-hybridized carbons (Fsp3) is 0.400. The number of aryl methyl sites for hydroxylation is 1. The molecule has 5 rings (SSSR count). The average molecular weight is 439 g/mol. The maximum atomic E-state index is 12.6. The second-order valence-corrected chi connectivity index (χ2v) is 7.54. The van der Waals surface area contributed by atoms with Gasteiger partial charge in [-0.3, -0.25) is 9.59 Å². The molecule has 1 saturated heterocycles. The summed E-state index contributed by atoms with van der Waals surface area (Å²) in [6, 6.07) is 5.37. The zero-order valence-corrected chi connectivity index (χ0v) is 17.4. The number of hydrogen-bond donors (Lipinski definition) is 1. The quantitative estimate of drug-likeness (QED) is 0.584. The summed E-state index contributed by atoms with van der Waals surface area (Å²) in [7, 11) is 0. The summed E-state index contributed by atoms with van der Waals surface area (Å²) in [4.78, 5) is 30.8. The van der Waals surface area contributed by atoms with Gasteiger partial charge < -0.3 is 24.2 Å². The van der Waals surface area contributed by atoms with Crippen molar-refractivity contribution in [3.05, 3.63) is 30.2 Å². The average Bonchev–Trinajstić information content (AvgIpc) is 3.53. The van der Waals surface area contributed by atoms with Crippen LogP contribution in [-0.4, -0.2) is 63.3 Å². The van der Waals surface area contributed by atoms with E-state index in [1.165, 1.54) is 0 Å². The van der Waals surface area contributed by atoms with Crippen LogP contribution in [0.4, 0.5) is 5.69 Å². The highest BCUT2D eigenvalue weighted by molar-refractivity contribution is 6.00. The highest BCUT2D eigenvalue weighted by Gasteiger charge is 2.35. The number of carbonyl (C=O) groups excluding carboxylic acids is 2. The van der Waals surface area contributed by atoms with E-state index < -0.39 is 5.92 Å². The van der Waals surface area contributed by atoms with Crippen molar-refractivity contribution in [2.45, 2.75) is 19.9 Å². The van der Waals surface area contributed by atoms with E-state index in [1.54, 1.807) is 40.9 Å². The molecule has 166 valence electrons. The highest BCUT2D eigenvalue weighted by Crippen LogP contribution is 2.35. The molecule has 1 aromatic carbocycles. The molecule has 2 aliphatic heterocycles. The van der Waals surface area contributed by atoms with E-state index >= 15 is 0 Å². The zero-order chi connectivity index (χ0) is 22.1. The maximum absolute atomic E-state index is 12.6. The first-order chi connectivity index (χ1) is 15.6. The van der Waals surface area contributed by atoms with Gasteiger partial charge in [-0.1, -0.05) is 10.4 Å². The van der Waals surface area contributed by atoms with Crippen molar-refractivity contribution in [2.75, 3.05) is 31.2 Å². The number of amides is 2. The molecule has 0 unspecified atom stereocenters. The van der Waals surface area contributed by atoms with Crippen molar-refractivity contribution in [1.82, 2.24) is 30.5 Å². The molecule has 2 amide bonds. The van der Waals surface area contributed by atoms with Crippen LogP contribution in [0.2, 0.25) is 0 Å². The number of ether oxygens (including phenoxy) is 2.